The van der Waals surface area contributed by atoms with E-state index in [1.807, 2.05) is 60.7 Å². The van der Waals surface area contributed by atoms with Gasteiger partial charge in [-0.15, -0.1) is 0 Å². The Morgan fingerprint density at radius 1 is 0.600 bits per heavy atom. The minimum absolute atomic E-state index is 0.0752. The largest absolute Gasteiger partial charge is 0.333 e. The van der Waals surface area contributed by atoms with Gasteiger partial charge in [-0.2, -0.15) is 0 Å². The molecule has 0 aromatic heterocycles. The minimum atomic E-state index is 0.0752. The molecule has 0 amide bonds. The molecule has 2 aromatic carbocycles. The van der Waals surface area contributed by atoms with E-state index in [2.05, 4.69) is 17.2 Å². The lowest BCUT2D eigenvalue weighted by Crippen LogP contribution is -1.99. The molecule has 0 spiro atoms. The second-order valence-corrected chi connectivity index (χ2v) is 3.06. The number of carbonyl (C=O) groups excluding carboxylic acids is 1. The first-order valence-corrected chi connectivity index (χ1v) is 6.26. The topological polar surface area (TPSA) is 95.1 Å². The maximum atomic E-state index is 11.8. The summed E-state index contributed by atoms with van der Waals surface area (Å²) in [7, 11) is 4.50. The average molecular weight is 275 g/mol. The van der Waals surface area contributed by atoms with Crippen molar-refractivity contribution in [3.8, 4) is 0 Å². The third kappa shape index (κ3) is 7.43. The Hall–Kier alpha value is -2.01. The molecule has 2 aromatic rings. The number of hydrogen-bond acceptors (Lipinski definition) is 4. The van der Waals surface area contributed by atoms with E-state index >= 15 is 0 Å². The third-order valence-electron chi connectivity index (χ3n) is 2.07. The van der Waals surface area contributed by atoms with Gasteiger partial charge in [0.05, 0.1) is 0 Å². The van der Waals surface area contributed by atoms with Gasteiger partial charge in [-0.25, -0.2) is 0 Å². The Balaban J connectivity index is 0. The first-order chi connectivity index (χ1) is 9.88. The van der Waals surface area contributed by atoms with Gasteiger partial charge in [0.25, 0.3) is 0 Å². The van der Waals surface area contributed by atoms with Crippen LogP contribution in [0.4, 0.5) is 0 Å². The van der Waals surface area contributed by atoms with Crippen LogP contribution in [0, 0.1) is 0 Å². The van der Waals surface area contributed by atoms with Crippen LogP contribution < -0.4 is 17.2 Å². The van der Waals surface area contributed by atoms with Gasteiger partial charge in [-0.3, -0.25) is 4.79 Å². The summed E-state index contributed by atoms with van der Waals surface area (Å²) in [5, 5.41) is 0. The minimum Gasteiger partial charge on any atom is -0.333 e. The molecule has 6 N–H and O–H groups in total. The molecule has 20 heavy (non-hydrogen) atoms. The van der Waals surface area contributed by atoms with Crippen molar-refractivity contribution in [1.29, 1.82) is 0 Å². The van der Waals surface area contributed by atoms with E-state index in [4.69, 9.17) is 0 Å². The van der Waals surface area contributed by atoms with Gasteiger partial charge in [-0.1, -0.05) is 60.7 Å². The number of benzene rings is 2. The maximum Gasteiger partial charge on any atom is 0.193 e. The number of carbonyl (C=O) groups is 1. The lowest BCUT2D eigenvalue weighted by Gasteiger charge is -1.99. The zero-order valence-electron chi connectivity index (χ0n) is 12.4. The van der Waals surface area contributed by atoms with Crippen LogP contribution in [0.1, 0.15) is 15.9 Å². The zero-order chi connectivity index (χ0) is 15.8. The molecule has 110 valence electrons. The summed E-state index contributed by atoms with van der Waals surface area (Å²) < 4.78 is 0. The van der Waals surface area contributed by atoms with E-state index < -0.39 is 0 Å². The van der Waals surface area contributed by atoms with Gasteiger partial charge in [-0.05, 0) is 21.1 Å². The van der Waals surface area contributed by atoms with E-state index in [9.17, 15) is 4.79 Å². The second kappa shape index (κ2) is 15.0. The van der Waals surface area contributed by atoms with Crippen molar-refractivity contribution in [3.63, 3.8) is 0 Å². The van der Waals surface area contributed by atoms with E-state index in [-0.39, 0.29) is 5.78 Å². The van der Waals surface area contributed by atoms with Gasteiger partial charge in [0, 0.05) is 11.1 Å². The van der Waals surface area contributed by atoms with E-state index in [1.54, 1.807) is 0 Å². The molecule has 0 radical (unpaired) electrons. The van der Waals surface area contributed by atoms with Crippen LogP contribution in [0.25, 0.3) is 0 Å². The zero-order valence-corrected chi connectivity index (χ0v) is 12.4. The van der Waals surface area contributed by atoms with E-state index in [0.717, 1.165) is 11.1 Å². The molecule has 0 saturated carbocycles. The lowest BCUT2D eigenvalue weighted by molar-refractivity contribution is 0.103. The van der Waals surface area contributed by atoms with E-state index in [0.29, 0.717) is 0 Å². The van der Waals surface area contributed by atoms with Crippen LogP contribution in [0.2, 0.25) is 0 Å². The molecule has 0 aliphatic heterocycles. The smallest absolute Gasteiger partial charge is 0.193 e. The Bertz CT molecular complexity index is 388. The van der Waals surface area contributed by atoms with Crippen LogP contribution in [0.15, 0.2) is 60.7 Å². The van der Waals surface area contributed by atoms with E-state index in [1.165, 1.54) is 21.1 Å². The van der Waals surface area contributed by atoms with Crippen molar-refractivity contribution in [2.24, 2.45) is 17.2 Å². The highest BCUT2D eigenvalue weighted by Gasteiger charge is 2.06. The van der Waals surface area contributed by atoms with Crippen molar-refractivity contribution < 1.29 is 4.79 Å². The molecule has 4 heteroatoms. The normalized spacial score (nSPS) is 7.70. The van der Waals surface area contributed by atoms with Crippen molar-refractivity contribution >= 4 is 5.78 Å². The lowest BCUT2D eigenvalue weighted by atomic mass is 10.0. The fraction of sp³-hybridized carbons (Fsp3) is 0.188. The summed E-state index contributed by atoms with van der Waals surface area (Å²) in [5.74, 6) is 0.0752. The van der Waals surface area contributed by atoms with Crippen LogP contribution >= 0.6 is 0 Å². The molecule has 0 aliphatic carbocycles. The highest BCUT2D eigenvalue weighted by molar-refractivity contribution is 6.08. The molecule has 0 atom stereocenters. The molecular weight excluding hydrogens is 250 g/mol. The molecule has 0 bridgehead atoms. The van der Waals surface area contributed by atoms with Crippen molar-refractivity contribution in [1.82, 2.24) is 0 Å². The number of hydrogen-bond donors (Lipinski definition) is 3. The van der Waals surface area contributed by atoms with Crippen LogP contribution in [0.5, 0.6) is 0 Å². The number of rotatable bonds is 2. The average Bonchev–Trinajstić information content (AvgIpc) is 2.61. The van der Waals surface area contributed by atoms with Crippen molar-refractivity contribution in [2.75, 3.05) is 21.1 Å². The summed E-state index contributed by atoms with van der Waals surface area (Å²) in [6.07, 6.45) is 0. The Morgan fingerprint density at radius 3 is 1.10 bits per heavy atom. The predicted molar refractivity (Wildman–Crippen MR) is 86.7 cm³/mol. The standard InChI is InChI=1S/C13H10O.3CH5N/c14-13(11-7-3-1-4-8-11)12-9-5-2-6-10-12;3*1-2/h1-10H;3*2H2,1H3. The van der Waals surface area contributed by atoms with Gasteiger partial charge in [0.2, 0.25) is 0 Å². The van der Waals surface area contributed by atoms with Crippen LogP contribution in [-0.4, -0.2) is 26.9 Å². The molecular formula is C16H25N3O. The highest BCUT2D eigenvalue weighted by Crippen LogP contribution is 2.08. The van der Waals surface area contributed by atoms with Crippen LogP contribution in [0.3, 0.4) is 0 Å². The Labute approximate surface area is 121 Å². The predicted octanol–water partition coefficient (Wildman–Crippen LogP) is 1.64. The van der Waals surface area contributed by atoms with Gasteiger partial charge in [0.15, 0.2) is 5.78 Å². The van der Waals surface area contributed by atoms with Gasteiger partial charge in [0.1, 0.15) is 0 Å². The molecule has 0 aliphatic rings. The monoisotopic (exact) mass is 275 g/mol. The molecule has 2 rings (SSSR count). The SMILES string of the molecule is CN.CN.CN.O=C(c1ccccc1)c1ccccc1. The fourth-order valence-corrected chi connectivity index (χ4v) is 1.35. The summed E-state index contributed by atoms with van der Waals surface area (Å²) >= 11 is 0. The van der Waals surface area contributed by atoms with Crippen molar-refractivity contribution in [3.05, 3.63) is 71.8 Å². The highest BCUT2D eigenvalue weighted by atomic mass is 16.1. The quantitative estimate of drug-likeness (QED) is 0.726. The fourth-order valence-electron chi connectivity index (χ4n) is 1.35. The molecule has 0 fully saturated rings. The molecule has 0 unspecified atom stereocenters. The van der Waals surface area contributed by atoms with Crippen LogP contribution in [-0.2, 0) is 0 Å². The number of nitrogens with two attached hydrogens (primary N) is 3. The summed E-state index contributed by atoms with van der Waals surface area (Å²) in [5.41, 5.74) is 15.0. The first-order valence-electron chi connectivity index (χ1n) is 6.26. The Kier molecular flexibility index (Phi) is 15.3. The number of ketones is 1. The molecule has 4 nitrogen and oxygen atoms in total. The van der Waals surface area contributed by atoms with Gasteiger partial charge >= 0.3 is 0 Å². The molecule has 0 heterocycles. The second-order valence-electron chi connectivity index (χ2n) is 3.06. The third-order valence-corrected chi connectivity index (χ3v) is 2.07. The summed E-state index contributed by atoms with van der Waals surface area (Å²) in [6.45, 7) is 0. The van der Waals surface area contributed by atoms with Crippen molar-refractivity contribution in [2.45, 2.75) is 0 Å². The van der Waals surface area contributed by atoms with Gasteiger partial charge < -0.3 is 17.2 Å². The Morgan fingerprint density at radius 2 is 0.850 bits per heavy atom. The summed E-state index contributed by atoms with van der Waals surface area (Å²) in [6, 6.07) is 18.6. The molecule has 0 saturated heterocycles. The maximum absolute atomic E-state index is 11.8. The first kappa shape index (κ1) is 20.3. The summed E-state index contributed by atoms with van der Waals surface area (Å²) in [4.78, 5) is 11.8.